The van der Waals surface area contributed by atoms with E-state index in [9.17, 15) is 9.90 Å². The van der Waals surface area contributed by atoms with Crippen LogP contribution in [0.5, 0.6) is 5.88 Å². The zero-order valence-electron chi connectivity index (χ0n) is 13.3. The van der Waals surface area contributed by atoms with Crippen molar-refractivity contribution < 1.29 is 5.11 Å². The van der Waals surface area contributed by atoms with Gasteiger partial charge in [0.05, 0.1) is 17.1 Å². The van der Waals surface area contributed by atoms with Crippen molar-refractivity contribution in [2.45, 2.75) is 6.54 Å². The number of aliphatic imine (C=N–C) groups is 1. The van der Waals surface area contributed by atoms with E-state index in [1.54, 1.807) is 24.4 Å². The molecule has 4 nitrogen and oxygen atoms in total. The number of aromatic hydroxyl groups is 1. The summed E-state index contributed by atoms with van der Waals surface area (Å²) in [7, 11) is 0. The van der Waals surface area contributed by atoms with Crippen LogP contribution in [0.3, 0.4) is 0 Å². The number of fused-ring (bicyclic) bond motifs is 1. The van der Waals surface area contributed by atoms with Crippen LogP contribution in [0, 0.1) is 0 Å². The Labute approximate surface area is 166 Å². The molecule has 1 N–H and O–H groups in total. The molecule has 26 heavy (non-hydrogen) atoms. The highest BCUT2D eigenvalue weighted by molar-refractivity contribution is 9.10. The molecule has 0 amide bonds. The lowest BCUT2D eigenvalue weighted by atomic mass is 10.1. The molecule has 3 aromatic rings. The highest BCUT2D eigenvalue weighted by Crippen LogP contribution is 2.36. The van der Waals surface area contributed by atoms with Gasteiger partial charge in [0.15, 0.2) is 0 Å². The molecular weight excluding hydrogens is 436 g/mol. The van der Waals surface area contributed by atoms with Gasteiger partial charge in [-0.2, -0.15) is 0 Å². The topological polar surface area (TPSA) is 54.6 Å². The van der Waals surface area contributed by atoms with E-state index in [0.717, 1.165) is 38.2 Å². The van der Waals surface area contributed by atoms with Crippen LogP contribution in [0.15, 0.2) is 56.7 Å². The number of aromatic nitrogens is 1. The first-order valence-electron chi connectivity index (χ1n) is 7.74. The Morgan fingerprint density at radius 2 is 2.00 bits per heavy atom. The molecule has 1 aromatic heterocycles. The molecule has 4 rings (SSSR count). The third-order valence-corrected chi connectivity index (χ3v) is 5.71. The normalized spacial score (nSPS) is 14.2. The molecule has 2 aromatic carbocycles. The SMILES string of the molecule is O=c1sc(/C=C2/C=Nc3ccc(Br)cc32)c(O)n1Cc1ccc(Cl)cc1. The van der Waals surface area contributed by atoms with E-state index in [1.165, 1.54) is 4.57 Å². The van der Waals surface area contributed by atoms with Gasteiger partial charge in [0, 0.05) is 26.8 Å². The Kier molecular flexibility index (Phi) is 4.56. The van der Waals surface area contributed by atoms with E-state index in [4.69, 9.17) is 11.6 Å². The number of benzene rings is 2. The van der Waals surface area contributed by atoms with Gasteiger partial charge in [-0.15, -0.1) is 0 Å². The maximum absolute atomic E-state index is 12.3. The van der Waals surface area contributed by atoms with Crippen LogP contribution in [0.25, 0.3) is 11.6 Å². The predicted molar refractivity (Wildman–Crippen MR) is 111 cm³/mol. The number of hydrogen-bond donors (Lipinski definition) is 1. The lowest BCUT2D eigenvalue weighted by Crippen LogP contribution is -2.13. The highest BCUT2D eigenvalue weighted by Gasteiger charge is 2.17. The molecule has 0 saturated heterocycles. The van der Waals surface area contributed by atoms with Crippen molar-refractivity contribution in [1.82, 2.24) is 4.57 Å². The number of allylic oxidation sites excluding steroid dienone is 1. The summed E-state index contributed by atoms with van der Waals surface area (Å²) in [4.78, 5) is 17.0. The molecule has 0 fully saturated rings. The van der Waals surface area contributed by atoms with Crippen LogP contribution in [-0.2, 0) is 6.54 Å². The number of hydrogen-bond acceptors (Lipinski definition) is 4. The number of nitrogens with zero attached hydrogens (tertiary/aromatic N) is 2. The largest absolute Gasteiger partial charge is 0.493 e. The molecule has 0 bridgehead atoms. The first-order valence-corrected chi connectivity index (χ1v) is 9.73. The zero-order chi connectivity index (χ0) is 18.3. The summed E-state index contributed by atoms with van der Waals surface area (Å²) < 4.78 is 2.30. The van der Waals surface area contributed by atoms with Crippen LogP contribution in [-0.4, -0.2) is 15.9 Å². The Hall–Kier alpha value is -2.15. The summed E-state index contributed by atoms with van der Waals surface area (Å²) in [6, 6.07) is 13.0. The predicted octanol–water partition coefficient (Wildman–Crippen LogP) is 5.34. The van der Waals surface area contributed by atoms with Crippen molar-refractivity contribution in [3.8, 4) is 5.88 Å². The van der Waals surface area contributed by atoms with Crippen molar-refractivity contribution in [3.05, 3.63) is 77.6 Å². The summed E-state index contributed by atoms with van der Waals surface area (Å²) in [5.41, 5.74) is 3.58. The fourth-order valence-electron chi connectivity index (χ4n) is 2.74. The fraction of sp³-hybridized carbons (Fsp3) is 0.0526. The Balaban J connectivity index is 1.70. The van der Waals surface area contributed by atoms with Crippen LogP contribution < -0.4 is 4.87 Å². The van der Waals surface area contributed by atoms with Crippen molar-refractivity contribution in [2.24, 2.45) is 4.99 Å². The third-order valence-electron chi connectivity index (χ3n) is 4.05. The maximum atomic E-state index is 12.3. The minimum Gasteiger partial charge on any atom is -0.493 e. The number of halogens is 2. The first kappa shape index (κ1) is 17.3. The summed E-state index contributed by atoms with van der Waals surface area (Å²) in [5.74, 6) is -0.0423. The van der Waals surface area contributed by atoms with E-state index in [-0.39, 0.29) is 17.3 Å². The van der Waals surface area contributed by atoms with Gasteiger partial charge < -0.3 is 5.11 Å². The van der Waals surface area contributed by atoms with E-state index in [1.807, 2.05) is 30.3 Å². The monoisotopic (exact) mass is 446 g/mol. The average molecular weight is 448 g/mol. The number of thiazole rings is 1. The van der Waals surface area contributed by atoms with Crippen LogP contribution in [0.1, 0.15) is 16.0 Å². The van der Waals surface area contributed by atoms with Gasteiger partial charge in [0.1, 0.15) is 0 Å². The van der Waals surface area contributed by atoms with Gasteiger partial charge in [-0.05, 0) is 42.0 Å². The van der Waals surface area contributed by atoms with Crippen molar-refractivity contribution in [1.29, 1.82) is 0 Å². The minimum absolute atomic E-state index is 0.0423. The molecule has 1 aliphatic rings. The second-order valence-corrected chi connectivity index (χ2v) is 8.13. The van der Waals surface area contributed by atoms with E-state index in [2.05, 4.69) is 20.9 Å². The van der Waals surface area contributed by atoms with Gasteiger partial charge in [0.25, 0.3) is 0 Å². The first-order chi connectivity index (χ1) is 12.5. The molecule has 0 radical (unpaired) electrons. The molecule has 1 aliphatic heterocycles. The third kappa shape index (κ3) is 3.28. The summed E-state index contributed by atoms with van der Waals surface area (Å²) in [6.45, 7) is 0.289. The van der Waals surface area contributed by atoms with Gasteiger partial charge in [-0.25, -0.2) is 0 Å². The van der Waals surface area contributed by atoms with Gasteiger partial charge in [-0.3, -0.25) is 14.4 Å². The molecule has 130 valence electrons. The standard InChI is InChI=1S/C19H12BrClN2O2S/c20-13-3-6-16-15(8-13)12(9-22-16)7-17-18(24)23(19(25)26-17)10-11-1-4-14(21)5-2-11/h1-9,24H,10H2/b12-7-. The summed E-state index contributed by atoms with van der Waals surface area (Å²) in [5, 5.41) is 11.2. The minimum atomic E-state index is -0.214. The molecule has 0 spiro atoms. The second kappa shape index (κ2) is 6.87. The van der Waals surface area contributed by atoms with Gasteiger partial charge in [-0.1, -0.05) is 51.0 Å². The summed E-state index contributed by atoms with van der Waals surface area (Å²) >= 11 is 10.4. The Bertz CT molecular complexity index is 1110. The lowest BCUT2D eigenvalue weighted by Gasteiger charge is -2.04. The van der Waals surface area contributed by atoms with Crippen molar-refractivity contribution in [3.63, 3.8) is 0 Å². The number of rotatable bonds is 3. The van der Waals surface area contributed by atoms with Crippen LogP contribution in [0.2, 0.25) is 5.02 Å². The lowest BCUT2D eigenvalue weighted by molar-refractivity contribution is 0.420. The molecular formula is C19H12BrClN2O2S. The van der Waals surface area contributed by atoms with Gasteiger partial charge >= 0.3 is 4.87 Å². The zero-order valence-corrected chi connectivity index (χ0v) is 16.5. The Morgan fingerprint density at radius 1 is 1.23 bits per heavy atom. The van der Waals surface area contributed by atoms with Crippen LogP contribution >= 0.6 is 38.9 Å². The highest BCUT2D eigenvalue weighted by atomic mass is 79.9. The molecule has 2 heterocycles. The van der Waals surface area contributed by atoms with Crippen molar-refractivity contribution in [2.75, 3.05) is 0 Å². The molecule has 0 aliphatic carbocycles. The van der Waals surface area contributed by atoms with E-state index < -0.39 is 0 Å². The molecule has 7 heteroatoms. The Morgan fingerprint density at radius 3 is 2.77 bits per heavy atom. The van der Waals surface area contributed by atoms with Gasteiger partial charge in [0.2, 0.25) is 5.88 Å². The quantitative estimate of drug-likeness (QED) is 0.589. The van der Waals surface area contributed by atoms with Crippen molar-refractivity contribution >= 4 is 62.4 Å². The van der Waals surface area contributed by atoms with E-state index in [0.29, 0.717) is 9.90 Å². The fourth-order valence-corrected chi connectivity index (χ4v) is 4.06. The smallest absolute Gasteiger partial charge is 0.310 e. The molecule has 0 unspecified atom stereocenters. The average Bonchev–Trinajstić information content (AvgIpc) is 3.13. The second-order valence-electron chi connectivity index (χ2n) is 5.79. The molecule has 0 saturated carbocycles. The summed E-state index contributed by atoms with van der Waals surface area (Å²) in [6.07, 6.45) is 3.53. The van der Waals surface area contributed by atoms with Crippen LogP contribution in [0.4, 0.5) is 5.69 Å². The maximum Gasteiger partial charge on any atom is 0.310 e. The van der Waals surface area contributed by atoms with E-state index >= 15 is 0 Å². The molecule has 0 atom stereocenters.